The van der Waals surface area contributed by atoms with Gasteiger partial charge < -0.3 is 10.5 Å². The number of urea groups is 1. The number of esters is 1. The Morgan fingerprint density at radius 1 is 0.950 bits per heavy atom. The molecule has 0 saturated carbocycles. The van der Waals surface area contributed by atoms with E-state index in [4.69, 9.17) is 10.5 Å². The van der Waals surface area contributed by atoms with Crippen LogP contribution >= 0.6 is 0 Å². The Kier molecular flexibility index (Phi) is 4.00. The minimum absolute atomic E-state index is 0.396. The molecular formula is C15H14N2O3. The van der Waals surface area contributed by atoms with Crippen molar-refractivity contribution >= 4 is 23.4 Å². The largest absolute Gasteiger partial charge is 0.427 e. The molecule has 102 valence electrons. The topological polar surface area (TPSA) is 72.6 Å². The van der Waals surface area contributed by atoms with Crippen LogP contribution in [0.25, 0.3) is 0 Å². The molecule has 0 fully saturated rings. The van der Waals surface area contributed by atoms with Crippen LogP contribution in [0.15, 0.2) is 54.6 Å². The van der Waals surface area contributed by atoms with Crippen molar-refractivity contribution in [3.63, 3.8) is 0 Å². The molecule has 0 saturated heterocycles. The first kappa shape index (κ1) is 13.6. The smallest absolute Gasteiger partial charge is 0.323 e. The van der Waals surface area contributed by atoms with Crippen LogP contribution in [0.1, 0.15) is 6.92 Å². The van der Waals surface area contributed by atoms with Gasteiger partial charge in [0.15, 0.2) is 0 Å². The third-order valence-corrected chi connectivity index (χ3v) is 2.59. The lowest BCUT2D eigenvalue weighted by Crippen LogP contribution is -2.31. The quantitative estimate of drug-likeness (QED) is 0.688. The molecule has 0 aliphatic carbocycles. The molecule has 0 unspecified atom stereocenters. The van der Waals surface area contributed by atoms with Crippen LogP contribution in [0.2, 0.25) is 0 Å². The summed E-state index contributed by atoms with van der Waals surface area (Å²) < 4.78 is 4.94. The number of nitrogens with two attached hydrogens (primary N) is 1. The Morgan fingerprint density at radius 3 is 2.00 bits per heavy atom. The highest BCUT2D eigenvalue weighted by Crippen LogP contribution is 2.26. The number of para-hydroxylation sites is 1. The molecule has 0 radical (unpaired) electrons. The van der Waals surface area contributed by atoms with Gasteiger partial charge in [-0.3, -0.25) is 9.69 Å². The number of ether oxygens (including phenoxy) is 1. The van der Waals surface area contributed by atoms with Gasteiger partial charge >= 0.3 is 12.0 Å². The lowest BCUT2D eigenvalue weighted by atomic mass is 10.2. The number of hydrogen-bond acceptors (Lipinski definition) is 3. The van der Waals surface area contributed by atoms with Crippen LogP contribution in [0.4, 0.5) is 16.2 Å². The molecule has 0 bridgehead atoms. The van der Waals surface area contributed by atoms with Gasteiger partial charge in [-0.15, -0.1) is 0 Å². The Morgan fingerprint density at radius 2 is 1.50 bits per heavy atom. The highest BCUT2D eigenvalue weighted by molar-refractivity contribution is 5.98. The van der Waals surface area contributed by atoms with Crippen molar-refractivity contribution in [3.8, 4) is 5.75 Å². The summed E-state index contributed by atoms with van der Waals surface area (Å²) >= 11 is 0. The normalized spacial score (nSPS) is 9.85. The van der Waals surface area contributed by atoms with Crippen LogP contribution in [0.3, 0.4) is 0 Å². The summed E-state index contributed by atoms with van der Waals surface area (Å²) in [4.78, 5) is 23.9. The fourth-order valence-electron chi connectivity index (χ4n) is 1.81. The Hall–Kier alpha value is -2.82. The van der Waals surface area contributed by atoms with E-state index in [1.165, 1.54) is 11.8 Å². The average molecular weight is 270 g/mol. The third-order valence-electron chi connectivity index (χ3n) is 2.59. The number of hydrogen-bond donors (Lipinski definition) is 1. The molecule has 2 N–H and O–H groups in total. The number of benzene rings is 2. The molecule has 0 aromatic heterocycles. The van der Waals surface area contributed by atoms with Crippen molar-refractivity contribution in [2.24, 2.45) is 5.73 Å². The van der Waals surface area contributed by atoms with Crippen molar-refractivity contribution in [1.29, 1.82) is 0 Å². The Labute approximate surface area is 116 Å². The van der Waals surface area contributed by atoms with Crippen molar-refractivity contribution in [3.05, 3.63) is 54.6 Å². The summed E-state index contributed by atoms with van der Waals surface area (Å²) in [6, 6.07) is 15.0. The molecule has 5 heteroatoms. The van der Waals surface area contributed by atoms with Gasteiger partial charge in [0.25, 0.3) is 0 Å². The number of primary amides is 1. The van der Waals surface area contributed by atoms with Crippen LogP contribution in [0.5, 0.6) is 5.75 Å². The number of rotatable bonds is 3. The number of carbonyl (C=O) groups is 2. The van der Waals surface area contributed by atoms with Crippen LogP contribution in [-0.2, 0) is 4.79 Å². The van der Waals surface area contributed by atoms with E-state index in [0.717, 1.165) is 0 Å². The lowest BCUT2D eigenvalue weighted by molar-refractivity contribution is -0.131. The molecule has 0 atom stereocenters. The molecular weight excluding hydrogens is 256 g/mol. The zero-order valence-electron chi connectivity index (χ0n) is 10.9. The number of carbonyl (C=O) groups excluding carboxylic acids is 2. The number of nitrogens with zero attached hydrogens (tertiary/aromatic N) is 1. The highest BCUT2D eigenvalue weighted by Gasteiger charge is 2.14. The molecule has 0 spiro atoms. The van der Waals surface area contributed by atoms with E-state index < -0.39 is 12.0 Å². The van der Waals surface area contributed by atoms with Gasteiger partial charge in [0, 0.05) is 6.92 Å². The molecule has 2 aromatic carbocycles. The van der Waals surface area contributed by atoms with Gasteiger partial charge in [-0.25, -0.2) is 4.79 Å². The van der Waals surface area contributed by atoms with Crippen molar-refractivity contribution in [1.82, 2.24) is 0 Å². The van der Waals surface area contributed by atoms with Gasteiger partial charge in [-0.2, -0.15) is 0 Å². The van der Waals surface area contributed by atoms with E-state index in [2.05, 4.69) is 0 Å². The van der Waals surface area contributed by atoms with Gasteiger partial charge in [-0.1, -0.05) is 18.2 Å². The Balaban J connectivity index is 2.31. The van der Waals surface area contributed by atoms with Gasteiger partial charge in [0.1, 0.15) is 5.75 Å². The molecule has 0 aliphatic rings. The molecule has 20 heavy (non-hydrogen) atoms. The summed E-state index contributed by atoms with van der Waals surface area (Å²) in [6.07, 6.45) is 0. The van der Waals surface area contributed by atoms with E-state index >= 15 is 0 Å². The molecule has 5 nitrogen and oxygen atoms in total. The predicted molar refractivity (Wildman–Crippen MR) is 75.9 cm³/mol. The van der Waals surface area contributed by atoms with Crippen molar-refractivity contribution < 1.29 is 14.3 Å². The minimum Gasteiger partial charge on any atom is -0.427 e. The SMILES string of the molecule is CC(=O)Oc1ccc(N(C(N)=O)c2ccccc2)cc1. The number of amides is 2. The second-order valence-corrected chi connectivity index (χ2v) is 4.10. The second kappa shape index (κ2) is 5.88. The monoisotopic (exact) mass is 270 g/mol. The molecule has 2 rings (SSSR count). The molecule has 0 heterocycles. The lowest BCUT2D eigenvalue weighted by Gasteiger charge is -2.20. The van der Waals surface area contributed by atoms with Crippen LogP contribution in [0, 0.1) is 0 Å². The highest BCUT2D eigenvalue weighted by atomic mass is 16.5. The zero-order valence-corrected chi connectivity index (χ0v) is 10.9. The van der Waals surface area contributed by atoms with Crippen molar-refractivity contribution in [2.45, 2.75) is 6.92 Å². The van der Waals surface area contributed by atoms with Crippen molar-refractivity contribution in [2.75, 3.05) is 4.90 Å². The number of anilines is 2. The van der Waals surface area contributed by atoms with E-state index in [0.29, 0.717) is 17.1 Å². The maximum atomic E-state index is 11.6. The molecule has 2 amide bonds. The molecule has 0 aliphatic heterocycles. The summed E-state index contributed by atoms with van der Waals surface area (Å²) in [5, 5.41) is 0. The van der Waals surface area contributed by atoms with Crippen LogP contribution < -0.4 is 15.4 Å². The van der Waals surface area contributed by atoms with E-state index in [1.54, 1.807) is 36.4 Å². The summed E-state index contributed by atoms with van der Waals surface area (Å²) in [5.74, 6) is 0.0197. The van der Waals surface area contributed by atoms with Gasteiger partial charge in [0.05, 0.1) is 11.4 Å². The second-order valence-electron chi connectivity index (χ2n) is 4.10. The van der Waals surface area contributed by atoms with Gasteiger partial charge in [-0.05, 0) is 36.4 Å². The standard InChI is InChI=1S/C15H14N2O3/c1-11(18)20-14-9-7-13(8-10-14)17(15(16)19)12-5-3-2-4-6-12/h2-10H,1H3,(H2,16,19). The first-order valence-corrected chi connectivity index (χ1v) is 6.01. The predicted octanol–water partition coefficient (Wildman–Crippen LogP) is 2.83. The fraction of sp³-hybridized carbons (Fsp3) is 0.0667. The van der Waals surface area contributed by atoms with E-state index in [1.807, 2.05) is 18.2 Å². The summed E-state index contributed by atoms with van der Waals surface area (Å²) in [7, 11) is 0. The third kappa shape index (κ3) is 3.14. The maximum Gasteiger partial charge on any atom is 0.323 e. The first-order valence-electron chi connectivity index (χ1n) is 6.01. The fourth-order valence-corrected chi connectivity index (χ4v) is 1.81. The van der Waals surface area contributed by atoms with E-state index in [-0.39, 0.29) is 0 Å². The zero-order chi connectivity index (χ0) is 14.5. The van der Waals surface area contributed by atoms with E-state index in [9.17, 15) is 9.59 Å². The minimum atomic E-state index is -0.587. The van der Waals surface area contributed by atoms with Gasteiger partial charge in [0.2, 0.25) is 0 Å². The maximum absolute atomic E-state index is 11.6. The molecule has 2 aromatic rings. The average Bonchev–Trinajstić information content (AvgIpc) is 2.41. The van der Waals surface area contributed by atoms with Crippen LogP contribution in [-0.4, -0.2) is 12.0 Å². The summed E-state index contributed by atoms with van der Waals surface area (Å²) in [5.41, 5.74) is 6.68. The first-order chi connectivity index (χ1) is 9.58. The Bertz CT molecular complexity index is 609. The summed E-state index contributed by atoms with van der Waals surface area (Å²) in [6.45, 7) is 1.33.